The Balaban J connectivity index is 1.28. The van der Waals surface area contributed by atoms with Crippen LogP contribution in [0.5, 0.6) is 5.75 Å². The molecule has 1 saturated heterocycles. The van der Waals surface area contributed by atoms with E-state index in [1.165, 1.54) is 4.31 Å². The number of benzene rings is 1. The molecule has 174 valence electrons. The van der Waals surface area contributed by atoms with Crippen molar-refractivity contribution in [3.8, 4) is 11.6 Å². The summed E-state index contributed by atoms with van der Waals surface area (Å²) in [7, 11) is -3.59. The molecule has 2 aromatic heterocycles. The SMILES string of the molecule is CCOc1ccc(S(=O)(=O)N2CCC(C(=O)NCc3ccc(-n4cccn4)nc3)CC2)cc1. The van der Waals surface area contributed by atoms with Crippen molar-refractivity contribution in [3.63, 3.8) is 0 Å². The number of pyridine rings is 1. The van der Waals surface area contributed by atoms with Crippen LogP contribution in [0, 0.1) is 5.92 Å². The first-order chi connectivity index (χ1) is 16.0. The molecule has 3 heterocycles. The van der Waals surface area contributed by atoms with Gasteiger partial charge in [-0.05, 0) is 61.7 Å². The Morgan fingerprint density at radius 2 is 1.91 bits per heavy atom. The third-order valence-electron chi connectivity index (χ3n) is 5.61. The van der Waals surface area contributed by atoms with Gasteiger partial charge in [-0.25, -0.2) is 18.1 Å². The second kappa shape index (κ2) is 10.1. The van der Waals surface area contributed by atoms with Crippen molar-refractivity contribution in [1.82, 2.24) is 24.4 Å². The lowest BCUT2D eigenvalue weighted by atomic mass is 9.97. The second-order valence-electron chi connectivity index (χ2n) is 7.78. The fourth-order valence-corrected chi connectivity index (χ4v) is 5.25. The minimum Gasteiger partial charge on any atom is -0.494 e. The first kappa shape index (κ1) is 22.9. The lowest BCUT2D eigenvalue weighted by Crippen LogP contribution is -2.42. The molecule has 1 aliphatic rings. The summed E-state index contributed by atoms with van der Waals surface area (Å²) >= 11 is 0. The number of nitrogens with one attached hydrogen (secondary N) is 1. The third-order valence-corrected chi connectivity index (χ3v) is 7.53. The number of carbonyl (C=O) groups is 1. The van der Waals surface area contributed by atoms with E-state index in [-0.39, 0.29) is 16.7 Å². The van der Waals surface area contributed by atoms with Gasteiger partial charge in [0.1, 0.15) is 5.75 Å². The average molecular weight is 470 g/mol. The summed E-state index contributed by atoms with van der Waals surface area (Å²) in [6.07, 6.45) is 6.18. The highest BCUT2D eigenvalue weighted by Crippen LogP contribution is 2.25. The van der Waals surface area contributed by atoms with E-state index >= 15 is 0 Å². The molecule has 0 unspecified atom stereocenters. The molecule has 1 N–H and O–H groups in total. The van der Waals surface area contributed by atoms with Gasteiger partial charge in [0.2, 0.25) is 15.9 Å². The number of sulfonamides is 1. The number of hydrogen-bond donors (Lipinski definition) is 1. The van der Waals surface area contributed by atoms with Crippen LogP contribution in [0.15, 0.2) is 66.0 Å². The zero-order valence-electron chi connectivity index (χ0n) is 18.4. The van der Waals surface area contributed by atoms with Crippen LogP contribution >= 0.6 is 0 Å². The number of rotatable bonds is 8. The third kappa shape index (κ3) is 5.40. The molecule has 4 rings (SSSR count). The fraction of sp³-hybridized carbons (Fsp3) is 0.348. The van der Waals surface area contributed by atoms with Gasteiger partial charge in [0, 0.05) is 44.1 Å². The van der Waals surface area contributed by atoms with Gasteiger partial charge >= 0.3 is 0 Å². The molecule has 0 aliphatic carbocycles. The minimum absolute atomic E-state index is 0.0655. The number of nitrogens with zero attached hydrogens (tertiary/aromatic N) is 4. The number of hydrogen-bond acceptors (Lipinski definition) is 6. The summed E-state index contributed by atoms with van der Waals surface area (Å²) in [5.74, 6) is 1.06. The van der Waals surface area contributed by atoms with Crippen LogP contribution in [0.2, 0.25) is 0 Å². The van der Waals surface area contributed by atoms with E-state index in [0.29, 0.717) is 50.7 Å². The number of piperidine rings is 1. The van der Waals surface area contributed by atoms with E-state index in [0.717, 1.165) is 5.56 Å². The quantitative estimate of drug-likeness (QED) is 0.543. The van der Waals surface area contributed by atoms with E-state index in [2.05, 4.69) is 15.4 Å². The largest absolute Gasteiger partial charge is 0.494 e. The van der Waals surface area contributed by atoms with Crippen molar-refractivity contribution >= 4 is 15.9 Å². The summed E-state index contributed by atoms with van der Waals surface area (Å²) in [5, 5.41) is 7.08. The van der Waals surface area contributed by atoms with Crippen molar-refractivity contribution in [3.05, 3.63) is 66.6 Å². The van der Waals surface area contributed by atoms with Gasteiger partial charge < -0.3 is 10.1 Å². The average Bonchev–Trinajstić information content (AvgIpc) is 3.39. The van der Waals surface area contributed by atoms with Gasteiger partial charge in [-0.1, -0.05) is 6.07 Å². The molecule has 0 spiro atoms. The molecule has 9 nitrogen and oxygen atoms in total. The Bertz CT molecular complexity index is 1150. The van der Waals surface area contributed by atoms with E-state index < -0.39 is 10.0 Å². The highest BCUT2D eigenvalue weighted by molar-refractivity contribution is 7.89. The number of carbonyl (C=O) groups excluding carboxylic acids is 1. The maximum absolute atomic E-state index is 12.9. The Labute approximate surface area is 193 Å². The lowest BCUT2D eigenvalue weighted by Gasteiger charge is -2.30. The van der Waals surface area contributed by atoms with Gasteiger partial charge in [-0.2, -0.15) is 9.40 Å². The van der Waals surface area contributed by atoms with Gasteiger partial charge in [-0.15, -0.1) is 0 Å². The van der Waals surface area contributed by atoms with Crippen LogP contribution in [0.25, 0.3) is 5.82 Å². The Hall–Kier alpha value is -3.24. The Kier molecular flexibility index (Phi) is 7.05. The van der Waals surface area contributed by atoms with E-state index in [9.17, 15) is 13.2 Å². The molecule has 1 aliphatic heterocycles. The van der Waals surface area contributed by atoms with Gasteiger partial charge in [0.05, 0.1) is 11.5 Å². The van der Waals surface area contributed by atoms with Gasteiger partial charge in [0.15, 0.2) is 5.82 Å². The van der Waals surface area contributed by atoms with E-state index in [1.807, 2.05) is 31.3 Å². The molecule has 10 heteroatoms. The topological polar surface area (TPSA) is 106 Å². The molecule has 0 atom stereocenters. The van der Waals surface area contributed by atoms with Crippen molar-refractivity contribution < 1.29 is 17.9 Å². The van der Waals surface area contributed by atoms with Crippen LogP contribution in [-0.2, 0) is 21.4 Å². The van der Waals surface area contributed by atoms with Crippen LogP contribution in [0.3, 0.4) is 0 Å². The molecule has 0 radical (unpaired) electrons. The summed E-state index contributed by atoms with van der Waals surface area (Å²) < 4.78 is 34.3. The van der Waals surface area contributed by atoms with Gasteiger partial charge in [0.25, 0.3) is 0 Å². The number of ether oxygens (including phenoxy) is 1. The molecular weight excluding hydrogens is 442 g/mol. The lowest BCUT2D eigenvalue weighted by molar-refractivity contribution is -0.126. The second-order valence-corrected chi connectivity index (χ2v) is 9.71. The maximum atomic E-state index is 12.9. The molecule has 0 bridgehead atoms. The molecule has 33 heavy (non-hydrogen) atoms. The monoisotopic (exact) mass is 469 g/mol. The zero-order valence-corrected chi connectivity index (χ0v) is 19.2. The minimum atomic E-state index is -3.59. The molecular formula is C23H27N5O4S. The molecule has 1 amide bonds. The molecule has 3 aromatic rings. The van der Waals surface area contributed by atoms with Crippen molar-refractivity contribution in [2.24, 2.45) is 5.92 Å². The smallest absolute Gasteiger partial charge is 0.243 e. The van der Waals surface area contributed by atoms with Crippen molar-refractivity contribution in [1.29, 1.82) is 0 Å². The number of amides is 1. The van der Waals surface area contributed by atoms with Gasteiger partial charge in [-0.3, -0.25) is 4.79 Å². The highest BCUT2D eigenvalue weighted by atomic mass is 32.2. The summed E-state index contributed by atoms with van der Waals surface area (Å²) in [6.45, 7) is 3.40. The van der Waals surface area contributed by atoms with E-state index in [4.69, 9.17) is 4.74 Å². The van der Waals surface area contributed by atoms with E-state index in [1.54, 1.807) is 41.3 Å². The van der Waals surface area contributed by atoms with Crippen molar-refractivity contribution in [2.45, 2.75) is 31.2 Å². The van der Waals surface area contributed by atoms with Crippen LogP contribution in [-0.4, -0.2) is 53.1 Å². The molecule has 1 aromatic carbocycles. The standard InChI is InChI=1S/C23H27N5O4S/c1-2-32-20-5-7-21(8-6-20)33(30,31)27-14-10-19(11-15-27)23(29)25-17-18-4-9-22(24-16-18)28-13-3-12-26-28/h3-9,12-13,16,19H,2,10-11,14-15,17H2,1H3,(H,25,29). The van der Waals surface area contributed by atoms with Crippen molar-refractivity contribution in [2.75, 3.05) is 19.7 Å². The first-order valence-corrected chi connectivity index (χ1v) is 12.4. The predicted molar refractivity (Wildman–Crippen MR) is 122 cm³/mol. The number of aromatic nitrogens is 3. The fourth-order valence-electron chi connectivity index (χ4n) is 3.78. The van der Waals surface area contributed by atoms with Crippen LogP contribution < -0.4 is 10.1 Å². The maximum Gasteiger partial charge on any atom is 0.243 e. The summed E-state index contributed by atoms with van der Waals surface area (Å²) in [4.78, 5) is 17.2. The first-order valence-electron chi connectivity index (χ1n) is 10.9. The summed E-state index contributed by atoms with van der Waals surface area (Å²) in [6, 6.07) is 12.0. The van der Waals surface area contributed by atoms with Crippen LogP contribution in [0.4, 0.5) is 0 Å². The van der Waals surface area contributed by atoms with Crippen LogP contribution in [0.1, 0.15) is 25.3 Å². The summed E-state index contributed by atoms with van der Waals surface area (Å²) in [5.41, 5.74) is 0.884. The normalized spacial score (nSPS) is 15.3. The zero-order chi connectivity index (χ0) is 23.3. The Morgan fingerprint density at radius 1 is 1.15 bits per heavy atom. The predicted octanol–water partition coefficient (Wildman–Crippen LogP) is 2.38. The Morgan fingerprint density at radius 3 is 2.52 bits per heavy atom. The highest BCUT2D eigenvalue weighted by Gasteiger charge is 2.32. The molecule has 0 saturated carbocycles. The molecule has 1 fully saturated rings.